The fourth-order valence-electron chi connectivity index (χ4n) is 2.61. The molecule has 4 nitrogen and oxygen atoms in total. The summed E-state index contributed by atoms with van der Waals surface area (Å²) in [6, 6.07) is 7.86. The van der Waals surface area contributed by atoms with Crippen molar-refractivity contribution >= 4 is 17.5 Å². The van der Waals surface area contributed by atoms with Gasteiger partial charge in [0.05, 0.1) is 5.41 Å². The van der Waals surface area contributed by atoms with Crippen molar-refractivity contribution in [1.82, 2.24) is 5.32 Å². The third kappa shape index (κ3) is 3.87. The molecule has 0 unspecified atom stereocenters. The van der Waals surface area contributed by atoms with Crippen LogP contribution in [0, 0.1) is 0 Å². The minimum absolute atomic E-state index is 0.0493. The van der Waals surface area contributed by atoms with Crippen molar-refractivity contribution in [3.8, 4) is 0 Å². The molecule has 0 saturated heterocycles. The number of hydrogen-bond acceptors (Lipinski definition) is 2. The van der Waals surface area contributed by atoms with E-state index in [2.05, 4.69) is 17.6 Å². The second kappa shape index (κ2) is 6.95. The number of hydrogen-bond donors (Lipinski definition) is 2. The largest absolute Gasteiger partial charge is 0.353 e. The molecule has 2 N–H and O–H groups in total. The van der Waals surface area contributed by atoms with Crippen molar-refractivity contribution in [2.75, 3.05) is 5.32 Å². The molecule has 1 saturated carbocycles. The van der Waals surface area contributed by atoms with Crippen LogP contribution in [0.5, 0.6) is 0 Å². The van der Waals surface area contributed by atoms with E-state index in [1.165, 1.54) is 0 Å². The Bertz CT molecular complexity index is 531. The number of unbranched alkanes of at least 4 members (excludes halogenated alkanes) is 1. The first-order valence-electron chi connectivity index (χ1n) is 8.19. The Hall–Kier alpha value is -1.84. The molecule has 120 valence electrons. The van der Waals surface area contributed by atoms with Gasteiger partial charge < -0.3 is 10.6 Å². The van der Waals surface area contributed by atoms with Crippen LogP contribution < -0.4 is 10.6 Å². The number of benzene rings is 1. The van der Waals surface area contributed by atoms with Gasteiger partial charge in [0.25, 0.3) is 0 Å². The summed E-state index contributed by atoms with van der Waals surface area (Å²) < 4.78 is 0. The van der Waals surface area contributed by atoms with Crippen LogP contribution in [-0.2, 0) is 15.0 Å². The SMILES string of the molecule is CCCCC(=O)Nc1ccc(C2(C(=O)NC(C)C)CC2)cc1. The quantitative estimate of drug-likeness (QED) is 0.811. The highest BCUT2D eigenvalue weighted by molar-refractivity contribution is 5.92. The van der Waals surface area contributed by atoms with Crippen LogP contribution >= 0.6 is 0 Å². The average Bonchev–Trinajstić information content (AvgIpc) is 3.27. The normalized spacial score (nSPS) is 15.5. The Morgan fingerprint density at radius 1 is 1.18 bits per heavy atom. The predicted octanol–water partition coefficient (Wildman–Crippen LogP) is 3.37. The van der Waals surface area contributed by atoms with Crippen molar-refractivity contribution in [2.45, 2.75) is 64.3 Å². The van der Waals surface area contributed by atoms with Gasteiger partial charge in [-0.05, 0) is 50.8 Å². The van der Waals surface area contributed by atoms with Crippen LogP contribution in [0.25, 0.3) is 0 Å². The number of amides is 2. The van der Waals surface area contributed by atoms with Crippen molar-refractivity contribution in [2.24, 2.45) is 0 Å². The molecule has 1 aliphatic carbocycles. The van der Waals surface area contributed by atoms with E-state index < -0.39 is 0 Å². The van der Waals surface area contributed by atoms with Crippen molar-refractivity contribution in [3.63, 3.8) is 0 Å². The lowest BCUT2D eigenvalue weighted by molar-refractivity contribution is -0.124. The van der Waals surface area contributed by atoms with Crippen LogP contribution in [-0.4, -0.2) is 17.9 Å². The molecule has 1 aliphatic rings. The monoisotopic (exact) mass is 302 g/mol. The molecule has 0 atom stereocenters. The van der Waals surface area contributed by atoms with Gasteiger partial charge in [-0.25, -0.2) is 0 Å². The summed E-state index contributed by atoms with van der Waals surface area (Å²) in [6.45, 7) is 6.02. The molecule has 0 heterocycles. The van der Waals surface area contributed by atoms with E-state index in [0.29, 0.717) is 6.42 Å². The molecule has 1 aromatic rings. The van der Waals surface area contributed by atoms with Crippen LogP contribution in [0.3, 0.4) is 0 Å². The van der Waals surface area contributed by atoms with E-state index in [-0.39, 0.29) is 23.3 Å². The van der Waals surface area contributed by atoms with E-state index in [1.54, 1.807) is 0 Å². The first-order valence-corrected chi connectivity index (χ1v) is 8.19. The average molecular weight is 302 g/mol. The standard InChI is InChI=1S/C18H26N2O2/c1-4-5-6-16(21)20-15-9-7-14(8-10-15)18(11-12-18)17(22)19-13(2)3/h7-10,13H,4-6,11-12H2,1-3H3,(H,19,22)(H,20,21). The molecule has 0 aliphatic heterocycles. The third-order valence-corrected chi connectivity index (χ3v) is 4.08. The first-order chi connectivity index (χ1) is 10.5. The van der Waals surface area contributed by atoms with Gasteiger partial charge in [0.2, 0.25) is 11.8 Å². The maximum absolute atomic E-state index is 12.3. The Labute approximate surface area is 132 Å². The Balaban J connectivity index is 2.00. The number of carbonyl (C=O) groups is 2. The highest BCUT2D eigenvalue weighted by Crippen LogP contribution is 2.48. The second-order valence-corrected chi connectivity index (χ2v) is 6.44. The molecule has 4 heteroatoms. The van der Waals surface area contributed by atoms with Gasteiger partial charge in [-0.3, -0.25) is 9.59 Å². The molecule has 22 heavy (non-hydrogen) atoms. The van der Waals surface area contributed by atoms with Gasteiger partial charge in [-0.15, -0.1) is 0 Å². The summed E-state index contributed by atoms with van der Waals surface area (Å²) in [6.07, 6.45) is 4.27. The van der Waals surface area contributed by atoms with E-state index in [0.717, 1.165) is 36.9 Å². The van der Waals surface area contributed by atoms with Gasteiger partial charge in [0, 0.05) is 18.2 Å². The predicted molar refractivity (Wildman–Crippen MR) is 88.8 cm³/mol. The lowest BCUT2D eigenvalue weighted by atomic mass is 9.94. The number of carbonyl (C=O) groups excluding carboxylic acids is 2. The van der Waals surface area contributed by atoms with Crippen LogP contribution in [0.4, 0.5) is 5.69 Å². The Morgan fingerprint density at radius 2 is 1.82 bits per heavy atom. The minimum Gasteiger partial charge on any atom is -0.353 e. The summed E-state index contributed by atoms with van der Waals surface area (Å²) in [5.41, 5.74) is 1.48. The lowest BCUT2D eigenvalue weighted by Crippen LogP contribution is -2.38. The number of nitrogens with one attached hydrogen (secondary N) is 2. The van der Waals surface area contributed by atoms with E-state index in [1.807, 2.05) is 38.1 Å². The molecule has 0 bridgehead atoms. The van der Waals surface area contributed by atoms with Gasteiger partial charge in [0.1, 0.15) is 0 Å². The van der Waals surface area contributed by atoms with Gasteiger partial charge in [0.15, 0.2) is 0 Å². The van der Waals surface area contributed by atoms with Crippen LogP contribution in [0.15, 0.2) is 24.3 Å². The summed E-state index contributed by atoms with van der Waals surface area (Å²) in [4.78, 5) is 24.1. The molecule has 2 rings (SSSR count). The zero-order chi connectivity index (χ0) is 16.2. The van der Waals surface area contributed by atoms with E-state index in [9.17, 15) is 9.59 Å². The maximum atomic E-state index is 12.3. The zero-order valence-electron chi connectivity index (χ0n) is 13.7. The van der Waals surface area contributed by atoms with E-state index >= 15 is 0 Å². The Kier molecular flexibility index (Phi) is 5.22. The number of rotatable bonds is 7. The first kappa shape index (κ1) is 16.5. The molecular formula is C18H26N2O2. The summed E-state index contributed by atoms with van der Waals surface area (Å²) in [5, 5.41) is 5.90. The molecule has 2 amide bonds. The Morgan fingerprint density at radius 3 is 2.32 bits per heavy atom. The van der Waals surface area contributed by atoms with Crippen molar-refractivity contribution < 1.29 is 9.59 Å². The summed E-state index contributed by atoms with van der Waals surface area (Å²) in [7, 11) is 0. The second-order valence-electron chi connectivity index (χ2n) is 6.44. The minimum atomic E-state index is -0.352. The zero-order valence-corrected chi connectivity index (χ0v) is 13.7. The van der Waals surface area contributed by atoms with E-state index in [4.69, 9.17) is 0 Å². The molecular weight excluding hydrogens is 276 g/mol. The highest BCUT2D eigenvalue weighted by Gasteiger charge is 2.51. The smallest absolute Gasteiger partial charge is 0.230 e. The molecule has 0 aromatic heterocycles. The topological polar surface area (TPSA) is 58.2 Å². The summed E-state index contributed by atoms with van der Waals surface area (Å²) in [5.74, 6) is 0.163. The third-order valence-electron chi connectivity index (χ3n) is 4.08. The molecule has 1 fully saturated rings. The van der Waals surface area contributed by atoms with Crippen molar-refractivity contribution in [1.29, 1.82) is 0 Å². The lowest BCUT2D eigenvalue weighted by Gasteiger charge is -2.18. The fraction of sp³-hybridized carbons (Fsp3) is 0.556. The summed E-state index contributed by atoms with van der Waals surface area (Å²) >= 11 is 0. The molecule has 0 radical (unpaired) electrons. The van der Waals surface area contributed by atoms with Crippen LogP contribution in [0.2, 0.25) is 0 Å². The van der Waals surface area contributed by atoms with Gasteiger partial charge in [-0.2, -0.15) is 0 Å². The van der Waals surface area contributed by atoms with Gasteiger partial charge >= 0.3 is 0 Å². The van der Waals surface area contributed by atoms with Crippen LogP contribution in [0.1, 0.15) is 58.4 Å². The molecule has 1 aromatic carbocycles. The molecule has 0 spiro atoms. The van der Waals surface area contributed by atoms with Gasteiger partial charge in [-0.1, -0.05) is 25.5 Å². The van der Waals surface area contributed by atoms with Crippen molar-refractivity contribution in [3.05, 3.63) is 29.8 Å². The maximum Gasteiger partial charge on any atom is 0.230 e. The number of anilines is 1. The fourth-order valence-corrected chi connectivity index (χ4v) is 2.61. The highest BCUT2D eigenvalue weighted by atomic mass is 16.2.